The average Bonchev–Trinajstić information content (AvgIpc) is 2.46. The molecule has 1 amide bonds. The highest BCUT2D eigenvalue weighted by Gasteiger charge is 2.29. The molecule has 0 spiro atoms. The van der Waals surface area contributed by atoms with Crippen LogP contribution in [0.25, 0.3) is 0 Å². The zero-order chi connectivity index (χ0) is 10.1. The molecule has 1 heterocycles. The topological polar surface area (TPSA) is 29.1 Å². The van der Waals surface area contributed by atoms with E-state index < -0.39 is 0 Å². The summed E-state index contributed by atoms with van der Waals surface area (Å²) in [6, 6.07) is 8.05. The van der Waals surface area contributed by atoms with Crippen LogP contribution >= 0.6 is 12.2 Å². The number of carbonyl (C=O) groups is 1. The molecule has 1 N–H and O–H groups in total. The third-order valence-corrected chi connectivity index (χ3v) is 2.92. The Balaban J connectivity index is 2.36. The van der Waals surface area contributed by atoms with Crippen molar-refractivity contribution in [3.8, 4) is 0 Å². The molecule has 1 aliphatic rings. The number of hydrogen-bond donors (Lipinski definition) is 1. The van der Waals surface area contributed by atoms with Gasteiger partial charge in [0, 0.05) is 12.3 Å². The van der Waals surface area contributed by atoms with Gasteiger partial charge in [-0.3, -0.25) is 4.79 Å². The van der Waals surface area contributed by atoms with Crippen LogP contribution in [0, 0.1) is 6.92 Å². The number of aryl methyl sites for hydroxylation is 1. The van der Waals surface area contributed by atoms with Crippen molar-refractivity contribution in [3.63, 3.8) is 0 Å². The minimum Gasteiger partial charge on any atom is -0.320 e. The first kappa shape index (κ1) is 9.34. The molecule has 1 saturated heterocycles. The fourth-order valence-electron chi connectivity index (χ4n) is 1.78. The molecular formula is C11H11NOS. The van der Waals surface area contributed by atoms with Crippen molar-refractivity contribution in [1.29, 1.82) is 0 Å². The zero-order valence-corrected chi connectivity index (χ0v) is 8.73. The number of carbonyl (C=O) groups excluding carboxylic acids is 1. The zero-order valence-electron chi connectivity index (χ0n) is 7.91. The Bertz CT molecular complexity index is 400. The molecule has 3 heteroatoms. The molecule has 1 aliphatic heterocycles. The van der Waals surface area contributed by atoms with Crippen LogP contribution in [0.4, 0.5) is 0 Å². The minimum absolute atomic E-state index is 0.0308. The number of amides is 1. The summed E-state index contributed by atoms with van der Waals surface area (Å²) in [4.78, 5) is 11.8. The largest absolute Gasteiger partial charge is 0.320 e. The lowest BCUT2D eigenvalue weighted by molar-refractivity contribution is -0.118. The molecule has 1 aromatic rings. The van der Waals surface area contributed by atoms with Gasteiger partial charge in [-0.1, -0.05) is 36.5 Å². The summed E-state index contributed by atoms with van der Waals surface area (Å²) in [5.41, 5.74) is 2.35. The van der Waals surface area contributed by atoms with Gasteiger partial charge < -0.3 is 5.32 Å². The fraction of sp³-hybridized carbons (Fsp3) is 0.273. The van der Waals surface area contributed by atoms with E-state index in [-0.39, 0.29) is 11.8 Å². The Morgan fingerprint density at radius 1 is 1.43 bits per heavy atom. The first-order chi connectivity index (χ1) is 6.68. The summed E-state index contributed by atoms with van der Waals surface area (Å²) >= 11 is 5.13. The Morgan fingerprint density at radius 3 is 2.71 bits per heavy atom. The maximum Gasteiger partial charge on any atom is 0.225 e. The van der Waals surface area contributed by atoms with Crippen molar-refractivity contribution in [3.05, 3.63) is 35.4 Å². The monoisotopic (exact) mass is 205 g/mol. The number of hydrogen-bond acceptors (Lipinski definition) is 2. The van der Waals surface area contributed by atoms with Gasteiger partial charge in [-0.2, -0.15) is 0 Å². The van der Waals surface area contributed by atoms with E-state index in [0.717, 1.165) is 5.56 Å². The van der Waals surface area contributed by atoms with Gasteiger partial charge >= 0.3 is 0 Å². The molecule has 14 heavy (non-hydrogen) atoms. The summed E-state index contributed by atoms with van der Waals surface area (Å²) in [7, 11) is 0. The van der Waals surface area contributed by atoms with Gasteiger partial charge in [0.15, 0.2) is 0 Å². The summed E-state index contributed by atoms with van der Waals surface area (Å²) in [5.74, 6) is 0.113. The highest BCUT2D eigenvalue weighted by molar-refractivity contribution is 7.80. The number of nitrogens with one attached hydrogen (secondary N) is 1. The summed E-state index contributed by atoms with van der Waals surface area (Å²) < 4.78 is 0. The van der Waals surface area contributed by atoms with E-state index in [2.05, 4.69) is 5.32 Å². The molecule has 0 bridgehead atoms. The van der Waals surface area contributed by atoms with Gasteiger partial charge in [0.25, 0.3) is 0 Å². The Kier molecular flexibility index (Phi) is 2.33. The second kappa shape index (κ2) is 3.50. The van der Waals surface area contributed by atoms with Crippen molar-refractivity contribution < 1.29 is 4.79 Å². The van der Waals surface area contributed by atoms with Crippen LogP contribution in [0.1, 0.15) is 23.5 Å². The quantitative estimate of drug-likeness (QED) is 0.710. The standard InChI is InChI=1S/C11H11NOS/c1-7-4-2-3-5-8(7)9-6-10(13)12-11(9)14/h2-5,9H,6H2,1H3,(H,12,13,14). The smallest absolute Gasteiger partial charge is 0.225 e. The average molecular weight is 205 g/mol. The summed E-state index contributed by atoms with van der Waals surface area (Å²) in [6.45, 7) is 2.04. The molecule has 0 saturated carbocycles. The summed E-state index contributed by atoms with van der Waals surface area (Å²) in [5, 5.41) is 2.69. The van der Waals surface area contributed by atoms with E-state index in [0.29, 0.717) is 11.4 Å². The lowest BCUT2D eigenvalue weighted by Gasteiger charge is -2.10. The molecule has 1 unspecified atom stereocenters. The molecular weight excluding hydrogens is 194 g/mol. The van der Waals surface area contributed by atoms with Gasteiger partial charge in [0.2, 0.25) is 5.91 Å². The molecule has 1 aromatic carbocycles. The van der Waals surface area contributed by atoms with Gasteiger partial charge in [-0.25, -0.2) is 0 Å². The van der Waals surface area contributed by atoms with Crippen LogP contribution in [0.15, 0.2) is 24.3 Å². The van der Waals surface area contributed by atoms with Gasteiger partial charge in [0.05, 0.1) is 4.99 Å². The molecule has 2 nitrogen and oxygen atoms in total. The molecule has 0 aliphatic carbocycles. The van der Waals surface area contributed by atoms with E-state index in [9.17, 15) is 4.79 Å². The number of benzene rings is 1. The first-order valence-corrected chi connectivity index (χ1v) is 4.98. The van der Waals surface area contributed by atoms with Gasteiger partial charge in [-0.15, -0.1) is 0 Å². The van der Waals surface area contributed by atoms with E-state index in [1.54, 1.807) is 0 Å². The van der Waals surface area contributed by atoms with Crippen molar-refractivity contribution >= 4 is 23.1 Å². The number of thiocarbonyl (C=S) groups is 1. The second-order valence-corrected chi connectivity index (χ2v) is 3.97. The van der Waals surface area contributed by atoms with Crippen molar-refractivity contribution in [1.82, 2.24) is 5.32 Å². The van der Waals surface area contributed by atoms with Crippen molar-refractivity contribution in [2.75, 3.05) is 0 Å². The lowest BCUT2D eigenvalue weighted by atomic mass is 9.94. The third-order valence-electron chi connectivity index (χ3n) is 2.53. The van der Waals surface area contributed by atoms with Gasteiger partial charge in [-0.05, 0) is 18.1 Å². The van der Waals surface area contributed by atoms with E-state index in [4.69, 9.17) is 12.2 Å². The third kappa shape index (κ3) is 1.55. The van der Waals surface area contributed by atoms with Crippen LogP contribution < -0.4 is 5.32 Å². The predicted octanol–water partition coefficient (Wildman–Crippen LogP) is 1.93. The number of rotatable bonds is 1. The Labute approximate surface area is 88.3 Å². The first-order valence-electron chi connectivity index (χ1n) is 4.57. The van der Waals surface area contributed by atoms with E-state index in [1.165, 1.54) is 5.56 Å². The van der Waals surface area contributed by atoms with E-state index in [1.807, 2.05) is 31.2 Å². The van der Waals surface area contributed by atoms with Crippen LogP contribution in [0.2, 0.25) is 0 Å². The van der Waals surface area contributed by atoms with Crippen LogP contribution in [0.3, 0.4) is 0 Å². The molecule has 1 fully saturated rings. The van der Waals surface area contributed by atoms with Crippen LogP contribution in [0.5, 0.6) is 0 Å². The molecule has 2 rings (SSSR count). The maximum atomic E-state index is 11.1. The molecule has 0 aromatic heterocycles. The lowest BCUT2D eigenvalue weighted by Crippen LogP contribution is -2.19. The van der Waals surface area contributed by atoms with Crippen LogP contribution in [-0.4, -0.2) is 10.9 Å². The SMILES string of the molecule is Cc1ccccc1C1CC(=O)NC1=S. The fourth-order valence-corrected chi connectivity index (χ4v) is 2.11. The highest BCUT2D eigenvalue weighted by atomic mass is 32.1. The molecule has 1 atom stereocenters. The van der Waals surface area contributed by atoms with Crippen LogP contribution in [-0.2, 0) is 4.79 Å². The molecule has 0 radical (unpaired) electrons. The Morgan fingerprint density at radius 2 is 2.14 bits per heavy atom. The highest BCUT2D eigenvalue weighted by Crippen LogP contribution is 2.27. The van der Waals surface area contributed by atoms with Crippen molar-refractivity contribution in [2.45, 2.75) is 19.3 Å². The van der Waals surface area contributed by atoms with Gasteiger partial charge in [0.1, 0.15) is 0 Å². The normalized spacial score (nSPS) is 21.1. The Hall–Kier alpha value is -1.22. The minimum atomic E-state index is 0.0308. The summed E-state index contributed by atoms with van der Waals surface area (Å²) in [6.07, 6.45) is 0.490. The molecule has 72 valence electrons. The van der Waals surface area contributed by atoms with E-state index >= 15 is 0 Å². The maximum absolute atomic E-state index is 11.1. The predicted molar refractivity (Wildman–Crippen MR) is 59.3 cm³/mol. The van der Waals surface area contributed by atoms with Crippen molar-refractivity contribution in [2.24, 2.45) is 0 Å². The second-order valence-electron chi connectivity index (χ2n) is 3.53.